The molecule has 4 amide bonds. The first-order valence-corrected chi connectivity index (χ1v) is 8.84. The fraction of sp³-hybridized carbons (Fsp3) is 0.316. The molecular weight excluding hydrogens is 364 g/mol. The van der Waals surface area contributed by atoms with Crippen LogP contribution in [0.15, 0.2) is 28.8 Å². The molecule has 4 rings (SSSR count). The first kappa shape index (κ1) is 17.9. The number of hydrogen-bond acceptors (Lipinski definition) is 7. The molecule has 9 heteroatoms. The van der Waals surface area contributed by atoms with E-state index in [9.17, 15) is 19.2 Å². The average Bonchev–Trinajstić information content (AvgIpc) is 3.17. The van der Waals surface area contributed by atoms with Crippen molar-refractivity contribution in [3.8, 4) is 0 Å². The summed E-state index contributed by atoms with van der Waals surface area (Å²) in [4.78, 5) is 52.3. The molecule has 1 atom stereocenters. The van der Waals surface area contributed by atoms with Crippen molar-refractivity contribution in [3.63, 3.8) is 0 Å². The minimum Gasteiger partial charge on any atom is -0.368 e. The van der Waals surface area contributed by atoms with Crippen LogP contribution in [0.4, 0.5) is 5.69 Å². The summed E-state index contributed by atoms with van der Waals surface area (Å²) in [5.41, 5.74) is 1.75. The number of piperidine rings is 1. The standard InChI is InChI=1S/C19H18N4O5/c1-10-8-11(21-28-10)9-22(2)13-5-3-4-12-16(13)19(27)23(18(12)26)14-6-7-15(24)20-17(14)25/h3-5,8,14H,6-7,9H2,1-2H3,(H,20,24,25). The number of aromatic nitrogens is 1. The number of rotatable bonds is 4. The smallest absolute Gasteiger partial charge is 0.264 e. The van der Waals surface area contributed by atoms with E-state index in [-0.39, 0.29) is 24.0 Å². The number of nitrogens with one attached hydrogen (secondary N) is 1. The summed E-state index contributed by atoms with van der Waals surface area (Å²) < 4.78 is 5.07. The van der Waals surface area contributed by atoms with Crippen LogP contribution in [-0.2, 0) is 16.1 Å². The highest BCUT2D eigenvalue weighted by molar-refractivity contribution is 6.25. The van der Waals surface area contributed by atoms with Crippen LogP contribution in [0.1, 0.15) is 45.0 Å². The van der Waals surface area contributed by atoms with Gasteiger partial charge >= 0.3 is 0 Å². The molecule has 0 saturated carbocycles. The maximum absolute atomic E-state index is 13.1. The Morgan fingerprint density at radius 2 is 2.04 bits per heavy atom. The Labute approximate surface area is 160 Å². The van der Waals surface area contributed by atoms with Crippen molar-refractivity contribution in [2.75, 3.05) is 11.9 Å². The number of hydrogen-bond donors (Lipinski definition) is 1. The predicted octanol–water partition coefficient (Wildman–Crippen LogP) is 1.02. The molecule has 9 nitrogen and oxygen atoms in total. The summed E-state index contributed by atoms with van der Waals surface area (Å²) in [6.45, 7) is 2.17. The van der Waals surface area contributed by atoms with E-state index >= 15 is 0 Å². The highest BCUT2D eigenvalue weighted by Crippen LogP contribution is 2.34. The number of benzene rings is 1. The lowest BCUT2D eigenvalue weighted by Crippen LogP contribution is -2.54. The van der Waals surface area contributed by atoms with Crippen LogP contribution in [0.2, 0.25) is 0 Å². The summed E-state index contributed by atoms with van der Waals surface area (Å²) in [7, 11) is 1.78. The maximum atomic E-state index is 13.1. The van der Waals surface area contributed by atoms with E-state index in [1.54, 1.807) is 43.1 Å². The maximum Gasteiger partial charge on any atom is 0.264 e. The van der Waals surface area contributed by atoms with Crippen LogP contribution >= 0.6 is 0 Å². The van der Waals surface area contributed by atoms with E-state index in [1.165, 1.54) is 0 Å². The molecule has 0 spiro atoms. The number of imide groups is 2. The number of fused-ring (bicyclic) bond motifs is 1. The topological polar surface area (TPSA) is 113 Å². The van der Waals surface area contributed by atoms with Gasteiger partial charge in [-0.15, -0.1) is 0 Å². The van der Waals surface area contributed by atoms with E-state index in [0.29, 0.717) is 23.7 Å². The quantitative estimate of drug-likeness (QED) is 0.786. The van der Waals surface area contributed by atoms with Gasteiger partial charge in [0.05, 0.1) is 23.4 Å². The molecule has 1 saturated heterocycles. The third-order valence-electron chi connectivity index (χ3n) is 4.93. The second-order valence-corrected chi connectivity index (χ2v) is 6.93. The summed E-state index contributed by atoms with van der Waals surface area (Å²) in [5.74, 6) is -1.41. The van der Waals surface area contributed by atoms with Gasteiger partial charge in [-0.2, -0.15) is 0 Å². The van der Waals surface area contributed by atoms with Gasteiger partial charge in [-0.1, -0.05) is 11.2 Å². The second kappa shape index (κ2) is 6.59. The number of aryl methyl sites for hydroxylation is 1. The zero-order valence-corrected chi connectivity index (χ0v) is 15.4. The Morgan fingerprint density at radius 1 is 1.25 bits per heavy atom. The van der Waals surface area contributed by atoms with Crippen LogP contribution in [-0.4, -0.2) is 46.8 Å². The van der Waals surface area contributed by atoms with E-state index in [2.05, 4.69) is 10.5 Å². The van der Waals surface area contributed by atoms with Gasteiger partial charge in [-0.3, -0.25) is 29.4 Å². The van der Waals surface area contributed by atoms with Crippen LogP contribution < -0.4 is 10.2 Å². The zero-order valence-electron chi connectivity index (χ0n) is 15.4. The Kier molecular flexibility index (Phi) is 4.21. The molecule has 0 radical (unpaired) electrons. The second-order valence-electron chi connectivity index (χ2n) is 6.93. The molecular formula is C19H18N4O5. The predicted molar refractivity (Wildman–Crippen MR) is 96.5 cm³/mol. The first-order chi connectivity index (χ1) is 13.4. The van der Waals surface area contributed by atoms with Crippen LogP contribution in [0.3, 0.4) is 0 Å². The van der Waals surface area contributed by atoms with Gasteiger partial charge in [-0.05, 0) is 25.5 Å². The fourth-order valence-corrected chi connectivity index (χ4v) is 3.64. The largest absolute Gasteiger partial charge is 0.368 e. The van der Waals surface area contributed by atoms with Gasteiger partial charge in [0.2, 0.25) is 11.8 Å². The van der Waals surface area contributed by atoms with E-state index in [1.807, 2.05) is 0 Å². The molecule has 144 valence electrons. The number of nitrogens with zero attached hydrogens (tertiary/aromatic N) is 3. The summed E-state index contributed by atoms with van der Waals surface area (Å²) >= 11 is 0. The minimum atomic E-state index is -0.985. The van der Waals surface area contributed by atoms with Crippen LogP contribution in [0, 0.1) is 6.92 Å². The van der Waals surface area contributed by atoms with Gasteiger partial charge in [0.25, 0.3) is 11.8 Å². The van der Waals surface area contributed by atoms with Gasteiger partial charge < -0.3 is 9.42 Å². The highest BCUT2D eigenvalue weighted by Gasteiger charge is 2.45. The van der Waals surface area contributed by atoms with Gasteiger partial charge in [0.1, 0.15) is 17.5 Å². The van der Waals surface area contributed by atoms with Crippen molar-refractivity contribution in [1.82, 2.24) is 15.4 Å². The zero-order chi connectivity index (χ0) is 20.0. The Balaban J connectivity index is 1.66. The molecule has 1 aromatic heterocycles. The summed E-state index contributed by atoms with van der Waals surface area (Å²) in [6.07, 6.45) is 0.210. The van der Waals surface area contributed by atoms with Crippen molar-refractivity contribution in [2.24, 2.45) is 0 Å². The molecule has 2 aliphatic heterocycles. The van der Waals surface area contributed by atoms with E-state index in [0.717, 1.165) is 4.90 Å². The molecule has 2 aliphatic rings. The average molecular weight is 382 g/mol. The lowest BCUT2D eigenvalue weighted by atomic mass is 10.0. The SMILES string of the molecule is Cc1cc(CN(C)c2cccc3c2C(=O)N(C2CCC(=O)NC2=O)C3=O)no1. The first-order valence-electron chi connectivity index (χ1n) is 8.84. The van der Waals surface area contributed by atoms with Gasteiger partial charge in [-0.25, -0.2) is 0 Å². The van der Waals surface area contributed by atoms with Gasteiger partial charge in [0, 0.05) is 19.5 Å². The molecule has 0 aliphatic carbocycles. The fourth-order valence-electron chi connectivity index (χ4n) is 3.64. The van der Waals surface area contributed by atoms with Crippen molar-refractivity contribution in [2.45, 2.75) is 32.4 Å². The lowest BCUT2D eigenvalue weighted by Gasteiger charge is -2.28. The number of carbonyl (C=O) groups is 4. The minimum absolute atomic E-state index is 0.0854. The molecule has 28 heavy (non-hydrogen) atoms. The molecule has 2 aromatic rings. The highest BCUT2D eigenvalue weighted by atomic mass is 16.5. The Bertz CT molecular complexity index is 1010. The molecule has 1 N–H and O–H groups in total. The third kappa shape index (κ3) is 2.84. The van der Waals surface area contributed by atoms with Crippen molar-refractivity contribution in [3.05, 3.63) is 46.8 Å². The van der Waals surface area contributed by atoms with Crippen molar-refractivity contribution < 1.29 is 23.7 Å². The summed E-state index contributed by atoms with van der Waals surface area (Å²) in [5, 5.41) is 6.14. The third-order valence-corrected chi connectivity index (χ3v) is 4.93. The normalized spacial score (nSPS) is 19.1. The molecule has 1 aromatic carbocycles. The van der Waals surface area contributed by atoms with Crippen molar-refractivity contribution >= 4 is 29.3 Å². The Morgan fingerprint density at radius 3 is 2.71 bits per heavy atom. The van der Waals surface area contributed by atoms with Gasteiger partial charge in [0.15, 0.2) is 0 Å². The molecule has 1 fully saturated rings. The van der Waals surface area contributed by atoms with E-state index < -0.39 is 29.7 Å². The number of anilines is 1. The number of carbonyl (C=O) groups excluding carboxylic acids is 4. The van der Waals surface area contributed by atoms with Crippen LogP contribution in [0.5, 0.6) is 0 Å². The molecule has 0 bridgehead atoms. The number of amides is 4. The summed E-state index contributed by atoms with van der Waals surface area (Å²) in [6, 6.07) is 5.81. The molecule has 3 heterocycles. The molecule has 1 unspecified atom stereocenters. The lowest BCUT2D eigenvalue weighted by molar-refractivity contribution is -0.136. The monoisotopic (exact) mass is 382 g/mol. The Hall–Kier alpha value is -3.49. The van der Waals surface area contributed by atoms with E-state index in [4.69, 9.17) is 4.52 Å². The van der Waals surface area contributed by atoms with Crippen LogP contribution in [0.25, 0.3) is 0 Å². The van der Waals surface area contributed by atoms with Crippen molar-refractivity contribution in [1.29, 1.82) is 0 Å².